The van der Waals surface area contributed by atoms with Gasteiger partial charge in [-0.15, -0.1) is 0 Å². The summed E-state index contributed by atoms with van der Waals surface area (Å²) in [5.74, 6) is 0.998. The van der Waals surface area contributed by atoms with E-state index in [0.29, 0.717) is 38.0 Å². The zero-order chi connectivity index (χ0) is 31.0. The number of nitrogens with zero attached hydrogens (tertiary/aromatic N) is 3. The Bertz CT molecular complexity index is 1720. The fraction of sp³-hybridized carbons (Fsp3) is 0.265. The number of halogens is 1. The highest BCUT2D eigenvalue weighted by Gasteiger charge is 2.32. The number of aliphatic imine (C=N–C) groups is 1. The Morgan fingerprint density at radius 2 is 1.93 bits per heavy atom. The second kappa shape index (κ2) is 14.2. The standard InChI is InChI=1S/C34H38ClN5O3/c1-6-8-19-30-25(23-36-24(3)37-29-18-13-20-40(4,5)33(29)35)21-31(43-28-16-10-9-11-17-28)34(42)39(30)27-15-12-14-26(22-27)38-32(41)7-2/h7,9-12,14-19,21-23,33H,2,6,8,13,20H2,1,3-5H3,(H-,36,37,38,41,42)/p+1/b30-19-. The molecule has 224 valence electrons. The van der Waals surface area contributed by atoms with Crippen LogP contribution >= 0.6 is 11.6 Å². The molecule has 4 rings (SSSR count). The minimum Gasteiger partial charge on any atom is -0.452 e. The average Bonchev–Trinajstić information content (AvgIpc) is 2.99. The zero-order valence-electron chi connectivity index (χ0n) is 25.1. The lowest BCUT2D eigenvalue weighted by Gasteiger charge is -2.38. The van der Waals surface area contributed by atoms with Crippen molar-refractivity contribution in [1.82, 2.24) is 9.88 Å². The number of quaternary nitrogens is 1. The Kier molecular flexibility index (Phi) is 10.4. The lowest BCUT2D eigenvalue weighted by Crippen LogP contribution is -2.52. The van der Waals surface area contributed by atoms with E-state index in [1.165, 1.54) is 6.08 Å². The number of carbonyl (C=O) groups is 1. The van der Waals surface area contributed by atoms with Gasteiger partial charge >= 0.3 is 0 Å². The van der Waals surface area contributed by atoms with Gasteiger partial charge in [0.1, 0.15) is 11.6 Å². The smallest absolute Gasteiger partial charge is 0.298 e. The molecule has 1 unspecified atom stereocenters. The van der Waals surface area contributed by atoms with Crippen LogP contribution in [-0.2, 0) is 4.79 Å². The predicted octanol–water partition coefficient (Wildman–Crippen LogP) is 5.01. The van der Waals surface area contributed by atoms with Crippen LogP contribution in [0.4, 0.5) is 5.69 Å². The molecular formula is C34H39ClN5O3+. The van der Waals surface area contributed by atoms with E-state index >= 15 is 0 Å². The van der Waals surface area contributed by atoms with E-state index in [2.05, 4.69) is 44.3 Å². The van der Waals surface area contributed by atoms with Gasteiger partial charge in [-0.2, -0.15) is 0 Å². The van der Waals surface area contributed by atoms with Crippen LogP contribution in [-0.4, -0.2) is 46.9 Å². The van der Waals surface area contributed by atoms with Gasteiger partial charge in [-0.25, -0.2) is 4.99 Å². The molecule has 0 spiro atoms. The number of alkyl halides is 1. The third-order valence-corrected chi connectivity index (χ3v) is 7.82. The number of hydrogen-bond acceptors (Lipinski definition) is 4. The molecule has 2 aromatic carbocycles. The highest BCUT2D eigenvalue weighted by atomic mass is 35.5. The summed E-state index contributed by atoms with van der Waals surface area (Å²) in [5.41, 5.74) is 1.47. The molecular weight excluding hydrogens is 562 g/mol. The quantitative estimate of drug-likeness (QED) is 0.0903. The highest BCUT2D eigenvalue weighted by molar-refractivity contribution is 6.21. The van der Waals surface area contributed by atoms with Gasteiger partial charge in [0, 0.05) is 23.5 Å². The maximum Gasteiger partial charge on any atom is 0.298 e. The van der Waals surface area contributed by atoms with Gasteiger partial charge in [0.05, 0.1) is 37.4 Å². The molecule has 0 radical (unpaired) electrons. The number of aromatic nitrogens is 1. The van der Waals surface area contributed by atoms with E-state index in [1.807, 2.05) is 37.3 Å². The molecule has 1 amide bonds. The number of rotatable bonds is 9. The van der Waals surface area contributed by atoms with Gasteiger partial charge < -0.3 is 19.9 Å². The summed E-state index contributed by atoms with van der Waals surface area (Å²) in [6.45, 7) is 8.44. The molecule has 8 nitrogen and oxygen atoms in total. The van der Waals surface area contributed by atoms with Crippen molar-refractivity contribution in [2.45, 2.75) is 38.6 Å². The fourth-order valence-electron chi connectivity index (χ4n) is 4.74. The van der Waals surface area contributed by atoms with Crippen LogP contribution in [0.15, 0.2) is 94.9 Å². The Hall–Kier alpha value is -4.40. The first-order valence-corrected chi connectivity index (χ1v) is 14.8. The summed E-state index contributed by atoms with van der Waals surface area (Å²) >= 11 is 6.76. The fourth-order valence-corrected chi connectivity index (χ4v) is 4.98. The van der Waals surface area contributed by atoms with Crippen LogP contribution in [0, 0.1) is 0 Å². The SMILES string of the molecule is C=CC(=O)Nc1cccc(-n2c(=O)c(Oc3ccccc3)cc(=C/N=C(C)NC3=CCC[N+](C)(C)C3Cl)/c2=C/CCC)c1. The maximum atomic E-state index is 14.0. The van der Waals surface area contributed by atoms with Crippen LogP contribution in [0.25, 0.3) is 18.0 Å². The van der Waals surface area contributed by atoms with Crippen LogP contribution in [0.2, 0.25) is 0 Å². The first-order valence-electron chi connectivity index (χ1n) is 14.3. The number of likely N-dealkylation sites (N-methyl/N-ethyl adjacent to an activating group) is 1. The number of amidine groups is 1. The molecule has 0 bridgehead atoms. The number of amides is 1. The van der Waals surface area contributed by atoms with E-state index in [-0.39, 0.29) is 22.7 Å². The Balaban J connectivity index is 1.90. The number of pyridine rings is 1. The van der Waals surface area contributed by atoms with Crippen molar-refractivity contribution in [3.63, 3.8) is 0 Å². The second-order valence-corrected chi connectivity index (χ2v) is 11.3. The molecule has 0 saturated heterocycles. The third kappa shape index (κ3) is 7.91. The van der Waals surface area contributed by atoms with Crippen LogP contribution in [0.5, 0.6) is 11.5 Å². The number of para-hydroxylation sites is 1. The lowest BCUT2D eigenvalue weighted by atomic mass is 10.2. The van der Waals surface area contributed by atoms with Crippen molar-refractivity contribution in [1.29, 1.82) is 0 Å². The molecule has 0 saturated carbocycles. The molecule has 3 aromatic rings. The van der Waals surface area contributed by atoms with Crippen molar-refractivity contribution >= 4 is 41.3 Å². The van der Waals surface area contributed by atoms with Crippen molar-refractivity contribution in [2.24, 2.45) is 4.99 Å². The number of anilines is 1. The van der Waals surface area contributed by atoms with Gasteiger partial charge in [0.25, 0.3) is 5.56 Å². The lowest BCUT2D eigenvalue weighted by molar-refractivity contribution is -0.898. The molecule has 2 N–H and O–H groups in total. The first kappa shape index (κ1) is 31.5. The molecule has 9 heteroatoms. The van der Waals surface area contributed by atoms with E-state index in [9.17, 15) is 9.59 Å². The van der Waals surface area contributed by atoms with Crippen LogP contribution < -0.4 is 31.5 Å². The molecule has 1 atom stereocenters. The van der Waals surface area contributed by atoms with Gasteiger partial charge in [-0.05, 0) is 55.8 Å². The topological polar surface area (TPSA) is 84.7 Å². The van der Waals surface area contributed by atoms with Crippen molar-refractivity contribution in [3.8, 4) is 17.2 Å². The number of carbonyl (C=O) groups excluding carboxylic acids is 1. The summed E-state index contributed by atoms with van der Waals surface area (Å²) < 4.78 is 8.37. The molecule has 2 heterocycles. The average molecular weight is 601 g/mol. The summed E-state index contributed by atoms with van der Waals surface area (Å²) in [4.78, 5) is 30.8. The first-order chi connectivity index (χ1) is 20.6. The minimum atomic E-state index is -0.343. The molecule has 1 aliphatic rings. The third-order valence-electron chi connectivity index (χ3n) is 7.05. The maximum absolute atomic E-state index is 14.0. The summed E-state index contributed by atoms with van der Waals surface area (Å²) in [6, 6.07) is 18.0. The van der Waals surface area contributed by atoms with E-state index < -0.39 is 0 Å². The Morgan fingerprint density at radius 1 is 1.16 bits per heavy atom. The number of ether oxygens (including phenoxy) is 1. The van der Waals surface area contributed by atoms with Crippen LogP contribution in [0.1, 0.15) is 33.1 Å². The monoisotopic (exact) mass is 600 g/mol. The largest absolute Gasteiger partial charge is 0.452 e. The predicted molar refractivity (Wildman–Crippen MR) is 176 cm³/mol. The zero-order valence-corrected chi connectivity index (χ0v) is 25.9. The summed E-state index contributed by atoms with van der Waals surface area (Å²) in [7, 11) is 4.21. The number of unbranched alkanes of at least 4 members (excludes halogenated alkanes) is 1. The Morgan fingerprint density at radius 3 is 2.65 bits per heavy atom. The van der Waals surface area contributed by atoms with E-state index in [1.54, 1.807) is 47.2 Å². The molecule has 0 aliphatic carbocycles. The normalized spacial score (nSPS) is 17.3. The number of nitrogens with one attached hydrogen (secondary N) is 2. The summed E-state index contributed by atoms with van der Waals surface area (Å²) in [5, 5.41) is 7.51. The van der Waals surface area contributed by atoms with Gasteiger partial charge in [0.2, 0.25) is 11.4 Å². The highest BCUT2D eigenvalue weighted by Crippen LogP contribution is 2.24. The number of hydrogen-bond donors (Lipinski definition) is 2. The number of benzene rings is 2. The van der Waals surface area contributed by atoms with Crippen molar-refractivity contribution in [3.05, 3.63) is 106 Å². The van der Waals surface area contributed by atoms with Gasteiger partial charge in [-0.3, -0.25) is 14.2 Å². The molecule has 43 heavy (non-hydrogen) atoms. The summed E-state index contributed by atoms with van der Waals surface area (Å²) in [6.07, 6.45) is 9.60. The van der Waals surface area contributed by atoms with Crippen molar-refractivity contribution in [2.75, 3.05) is 26.0 Å². The van der Waals surface area contributed by atoms with E-state index in [0.717, 1.165) is 31.5 Å². The molecule has 1 aliphatic heterocycles. The second-order valence-electron chi connectivity index (χ2n) is 10.9. The minimum absolute atomic E-state index is 0.141. The van der Waals surface area contributed by atoms with Crippen molar-refractivity contribution < 1.29 is 14.0 Å². The van der Waals surface area contributed by atoms with Gasteiger partial charge in [0.15, 0.2) is 5.75 Å². The molecule has 1 aromatic heterocycles. The van der Waals surface area contributed by atoms with Crippen LogP contribution in [0.3, 0.4) is 0 Å². The molecule has 0 fully saturated rings. The van der Waals surface area contributed by atoms with Gasteiger partial charge in [-0.1, -0.05) is 67.9 Å². The van der Waals surface area contributed by atoms with E-state index in [4.69, 9.17) is 21.3 Å². The Labute approximate surface area is 257 Å².